The third-order valence-corrected chi connectivity index (χ3v) is 7.45. The number of rotatable bonds is 4. The van der Waals surface area contributed by atoms with Gasteiger partial charge in [0.2, 0.25) is 5.91 Å². The van der Waals surface area contributed by atoms with Crippen LogP contribution in [0.15, 0.2) is 35.8 Å². The molecule has 0 N–H and O–H groups in total. The molecule has 152 valence electrons. The van der Waals surface area contributed by atoms with Crippen molar-refractivity contribution in [2.24, 2.45) is 0 Å². The van der Waals surface area contributed by atoms with Crippen LogP contribution in [0.5, 0.6) is 0 Å². The Labute approximate surface area is 175 Å². The average Bonchev–Trinajstić information content (AvgIpc) is 3.40. The van der Waals surface area contributed by atoms with Crippen molar-refractivity contribution in [3.05, 3.63) is 52.1 Å². The number of likely N-dealkylation sites (tertiary alicyclic amines) is 1. The molecule has 0 bridgehead atoms. The van der Waals surface area contributed by atoms with E-state index >= 15 is 0 Å². The third-order valence-electron chi connectivity index (χ3n) is 6.45. The lowest BCUT2D eigenvalue weighted by Gasteiger charge is -2.38. The van der Waals surface area contributed by atoms with Crippen molar-refractivity contribution < 1.29 is 4.79 Å². The van der Waals surface area contributed by atoms with Crippen molar-refractivity contribution in [1.29, 1.82) is 0 Å². The summed E-state index contributed by atoms with van der Waals surface area (Å²) < 4.78 is 2.10. The van der Waals surface area contributed by atoms with Gasteiger partial charge in [-0.25, -0.2) is 0 Å². The summed E-state index contributed by atoms with van der Waals surface area (Å²) >= 11 is 1.83. The molecule has 0 spiro atoms. The molecule has 3 aromatic rings. The van der Waals surface area contributed by atoms with Crippen LogP contribution in [0, 0.1) is 0 Å². The van der Waals surface area contributed by atoms with Gasteiger partial charge in [-0.3, -0.25) is 14.1 Å². The van der Waals surface area contributed by atoms with Crippen LogP contribution in [0.3, 0.4) is 0 Å². The van der Waals surface area contributed by atoms with Crippen LogP contribution in [0.2, 0.25) is 0 Å². The summed E-state index contributed by atoms with van der Waals surface area (Å²) in [7, 11) is 0. The topological polar surface area (TPSA) is 53.7 Å². The van der Waals surface area contributed by atoms with E-state index < -0.39 is 0 Å². The Morgan fingerprint density at radius 1 is 1.17 bits per heavy atom. The number of amides is 1. The largest absolute Gasteiger partial charge is 0.334 e. The van der Waals surface area contributed by atoms with E-state index in [2.05, 4.69) is 42.8 Å². The zero-order valence-electron chi connectivity index (χ0n) is 16.8. The number of hydrogen-bond donors (Lipinski definition) is 0. The van der Waals surface area contributed by atoms with E-state index in [1.165, 1.54) is 10.4 Å². The van der Waals surface area contributed by atoms with Crippen molar-refractivity contribution in [3.8, 4) is 0 Å². The number of nitrogens with zero attached hydrogens (tertiary/aromatic N) is 5. The molecule has 29 heavy (non-hydrogen) atoms. The monoisotopic (exact) mass is 409 g/mol. The molecule has 0 aromatic carbocycles. The first-order valence-corrected chi connectivity index (χ1v) is 11.5. The Balaban J connectivity index is 1.21. The average molecular weight is 410 g/mol. The first kappa shape index (κ1) is 18.8. The Morgan fingerprint density at radius 2 is 2.03 bits per heavy atom. The second kappa shape index (κ2) is 7.88. The van der Waals surface area contributed by atoms with E-state index in [1.807, 2.05) is 35.7 Å². The molecule has 1 atom stereocenters. The number of hydrogen-bond acceptors (Lipinski definition) is 5. The van der Waals surface area contributed by atoms with Gasteiger partial charge in [-0.1, -0.05) is 13.0 Å². The van der Waals surface area contributed by atoms with Gasteiger partial charge in [-0.2, -0.15) is 0 Å². The van der Waals surface area contributed by atoms with Crippen molar-refractivity contribution in [2.45, 2.75) is 44.6 Å². The van der Waals surface area contributed by atoms with Crippen LogP contribution in [0.1, 0.15) is 54.4 Å². The summed E-state index contributed by atoms with van der Waals surface area (Å²) in [5, 5.41) is 10.9. The third kappa shape index (κ3) is 3.46. The smallest absolute Gasteiger partial charge is 0.237 e. The highest BCUT2D eigenvalue weighted by atomic mass is 32.1. The van der Waals surface area contributed by atoms with Crippen LogP contribution >= 0.6 is 11.3 Å². The SMILES string of the molecule is CCC1c2ccsc2CCN1C(=O)CN1CCC(c2nnc3ccccn23)CC1. The molecule has 2 aliphatic rings. The summed E-state index contributed by atoms with van der Waals surface area (Å²) in [5.74, 6) is 1.74. The predicted molar refractivity (Wildman–Crippen MR) is 114 cm³/mol. The maximum absolute atomic E-state index is 13.1. The Kier molecular flexibility index (Phi) is 5.09. The molecule has 0 aliphatic carbocycles. The van der Waals surface area contributed by atoms with Gasteiger partial charge in [0.1, 0.15) is 5.82 Å². The maximum Gasteiger partial charge on any atom is 0.237 e. The van der Waals surface area contributed by atoms with E-state index in [-0.39, 0.29) is 11.9 Å². The van der Waals surface area contributed by atoms with Crippen LogP contribution in [0.4, 0.5) is 0 Å². The Hall–Kier alpha value is -2.25. The molecule has 0 saturated carbocycles. The molecule has 5 rings (SSSR count). The summed E-state index contributed by atoms with van der Waals surface area (Å²) in [4.78, 5) is 19.0. The summed E-state index contributed by atoms with van der Waals surface area (Å²) in [6, 6.07) is 8.46. The number of pyridine rings is 1. The highest BCUT2D eigenvalue weighted by molar-refractivity contribution is 7.10. The van der Waals surface area contributed by atoms with Crippen molar-refractivity contribution in [2.75, 3.05) is 26.2 Å². The van der Waals surface area contributed by atoms with Gasteiger partial charge in [0.15, 0.2) is 5.65 Å². The second-order valence-electron chi connectivity index (χ2n) is 8.10. The Morgan fingerprint density at radius 3 is 2.86 bits per heavy atom. The van der Waals surface area contributed by atoms with E-state index in [1.54, 1.807) is 0 Å². The summed E-state index contributed by atoms with van der Waals surface area (Å²) in [5.41, 5.74) is 2.28. The number of fused-ring (bicyclic) bond motifs is 2. The first-order chi connectivity index (χ1) is 14.2. The van der Waals surface area contributed by atoms with Gasteiger partial charge >= 0.3 is 0 Å². The van der Waals surface area contributed by atoms with Crippen molar-refractivity contribution in [3.63, 3.8) is 0 Å². The van der Waals surface area contributed by atoms with Gasteiger partial charge in [-0.15, -0.1) is 21.5 Å². The van der Waals surface area contributed by atoms with E-state index in [0.29, 0.717) is 12.5 Å². The molecule has 1 fully saturated rings. The minimum atomic E-state index is 0.248. The van der Waals surface area contributed by atoms with Crippen LogP contribution in [-0.4, -0.2) is 56.5 Å². The molecule has 5 heterocycles. The number of carbonyl (C=O) groups excluding carboxylic acids is 1. The van der Waals surface area contributed by atoms with Crippen molar-refractivity contribution in [1.82, 2.24) is 24.4 Å². The molecule has 6 nitrogen and oxygen atoms in total. The van der Waals surface area contributed by atoms with Crippen molar-refractivity contribution >= 4 is 22.9 Å². The van der Waals surface area contributed by atoms with Gasteiger partial charge in [0, 0.05) is 23.5 Å². The molecule has 3 aromatic heterocycles. The van der Waals surface area contributed by atoms with Gasteiger partial charge < -0.3 is 4.90 Å². The fourth-order valence-corrected chi connectivity index (χ4v) is 5.83. The summed E-state index contributed by atoms with van der Waals surface area (Å²) in [6.45, 7) is 5.45. The molecule has 2 aliphatic heterocycles. The molecule has 1 saturated heterocycles. The fraction of sp³-hybridized carbons (Fsp3) is 0.500. The zero-order chi connectivity index (χ0) is 19.8. The first-order valence-electron chi connectivity index (χ1n) is 10.6. The minimum absolute atomic E-state index is 0.248. The molecule has 7 heteroatoms. The van der Waals surface area contributed by atoms with E-state index in [9.17, 15) is 4.79 Å². The zero-order valence-corrected chi connectivity index (χ0v) is 17.6. The molecule has 0 radical (unpaired) electrons. The molecule has 1 unspecified atom stereocenters. The number of thiophene rings is 1. The lowest BCUT2D eigenvalue weighted by Crippen LogP contribution is -2.46. The number of piperidine rings is 1. The normalized spacial score (nSPS) is 20.9. The highest BCUT2D eigenvalue weighted by Crippen LogP contribution is 2.35. The maximum atomic E-state index is 13.1. The lowest BCUT2D eigenvalue weighted by atomic mass is 9.95. The lowest BCUT2D eigenvalue weighted by molar-refractivity contribution is -0.135. The van der Waals surface area contributed by atoms with Gasteiger partial charge in [0.05, 0.1) is 12.6 Å². The minimum Gasteiger partial charge on any atom is -0.334 e. The number of carbonyl (C=O) groups is 1. The standard InChI is InChI=1S/C22H27N5OS/c1-2-18-17-9-14-29-19(17)8-13-26(18)21(28)15-25-11-6-16(7-12-25)22-24-23-20-5-3-4-10-27(20)22/h3-5,9-10,14,16,18H,2,6-8,11-13,15H2,1H3. The molecule has 1 amide bonds. The number of aromatic nitrogens is 3. The van der Waals surface area contributed by atoms with Crippen LogP contribution in [0.25, 0.3) is 5.65 Å². The quantitative estimate of drug-likeness (QED) is 0.662. The van der Waals surface area contributed by atoms with E-state index in [0.717, 1.165) is 56.8 Å². The fourth-order valence-electron chi connectivity index (χ4n) is 4.90. The van der Waals surface area contributed by atoms with Gasteiger partial charge in [-0.05, 0) is 67.9 Å². The summed E-state index contributed by atoms with van der Waals surface area (Å²) in [6.07, 6.45) is 6.07. The van der Waals surface area contributed by atoms with Gasteiger partial charge in [0.25, 0.3) is 0 Å². The highest BCUT2D eigenvalue weighted by Gasteiger charge is 2.32. The predicted octanol–water partition coefficient (Wildman–Crippen LogP) is 3.51. The Bertz CT molecular complexity index is 1000. The van der Waals surface area contributed by atoms with Crippen LogP contribution in [-0.2, 0) is 11.2 Å². The van der Waals surface area contributed by atoms with E-state index in [4.69, 9.17) is 0 Å². The molecular weight excluding hydrogens is 382 g/mol. The second-order valence-corrected chi connectivity index (χ2v) is 9.10. The van der Waals surface area contributed by atoms with Crippen LogP contribution < -0.4 is 0 Å². The molecular formula is C22H27N5OS.